The predicted molar refractivity (Wildman–Crippen MR) is 144 cm³/mol. The van der Waals surface area contributed by atoms with Gasteiger partial charge in [0, 0.05) is 22.3 Å². The number of rotatable bonds is 0. The molecule has 0 unspecified atom stereocenters. The second-order valence-corrected chi connectivity index (χ2v) is 10.1. The number of aryl methyl sites for hydroxylation is 2. The number of hydrogen-bond acceptors (Lipinski definition) is 6. The van der Waals surface area contributed by atoms with Gasteiger partial charge in [-0.25, -0.2) is 0 Å². The molecule has 3 aliphatic rings. The van der Waals surface area contributed by atoms with E-state index in [4.69, 9.17) is 8.83 Å². The molecular formula is C33H22O6. The largest absolute Gasteiger partial charge is 0.464 e. The van der Waals surface area contributed by atoms with E-state index in [0.717, 1.165) is 53.1 Å². The van der Waals surface area contributed by atoms with E-state index in [1.807, 2.05) is 42.5 Å². The third-order valence-corrected chi connectivity index (χ3v) is 7.93. The fraction of sp³-hybridized carbons (Fsp3) is 0.152. The van der Waals surface area contributed by atoms with Gasteiger partial charge < -0.3 is 8.83 Å². The lowest BCUT2D eigenvalue weighted by Gasteiger charge is -2.23. The summed E-state index contributed by atoms with van der Waals surface area (Å²) in [6.07, 6.45) is 7.11. The molecule has 39 heavy (non-hydrogen) atoms. The van der Waals surface area contributed by atoms with Crippen molar-refractivity contribution in [2.75, 3.05) is 0 Å². The molecule has 2 heterocycles. The molecule has 2 aromatic heterocycles. The molecule has 0 amide bonds. The number of furan rings is 2. The van der Waals surface area contributed by atoms with Crippen molar-refractivity contribution in [1.29, 1.82) is 0 Å². The molecule has 0 bridgehead atoms. The van der Waals surface area contributed by atoms with Crippen molar-refractivity contribution in [3.05, 3.63) is 106 Å². The molecule has 5 aromatic rings. The van der Waals surface area contributed by atoms with Crippen LogP contribution in [0.3, 0.4) is 0 Å². The van der Waals surface area contributed by atoms with Crippen LogP contribution >= 0.6 is 0 Å². The molecule has 0 saturated heterocycles. The predicted octanol–water partition coefficient (Wildman–Crippen LogP) is 6.99. The first kappa shape index (κ1) is 23.3. The number of fused-ring (bicyclic) bond motifs is 10. The maximum atomic E-state index is 12.5. The maximum Gasteiger partial charge on any atom is 0.237 e. The molecule has 6 heteroatoms. The third kappa shape index (κ3) is 3.34. The van der Waals surface area contributed by atoms with Gasteiger partial charge in [-0.15, -0.1) is 0 Å². The Morgan fingerprint density at radius 3 is 2.21 bits per heavy atom. The van der Waals surface area contributed by atoms with Crippen LogP contribution in [0, 0.1) is 6.92 Å². The van der Waals surface area contributed by atoms with E-state index < -0.39 is 17.3 Å². The van der Waals surface area contributed by atoms with E-state index in [0.29, 0.717) is 39.3 Å². The van der Waals surface area contributed by atoms with Crippen LogP contribution in [0.5, 0.6) is 0 Å². The normalized spacial score (nSPS) is 15.1. The molecule has 0 spiro atoms. The zero-order valence-electron chi connectivity index (χ0n) is 21.1. The molecule has 8 rings (SSSR count). The Hall–Kier alpha value is -4.84. The van der Waals surface area contributed by atoms with Gasteiger partial charge >= 0.3 is 0 Å². The summed E-state index contributed by atoms with van der Waals surface area (Å²) in [5, 5.41) is 1.73. The minimum atomic E-state index is -0.493. The van der Waals surface area contributed by atoms with Crippen molar-refractivity contribution >= 4 is 33.9 Å². The molecule has 0 radical (unpaired) electrons. The number of ketones is 4. The summed E-state index contributed by atoms with van der Waals surface area (Å²) in [7, 11) is 0. The van der Waals surface area contributed by atoms with Crippen LogP contribution in [0.1, 0.15) is 71.0 Å². The van der Waals surface area contributed by atoms with Gasteiger partial charge in [0.05, 0.1) is 23.7 Å². The lowest BCUT2D eigenvalue weighted by Crippen LogP contribution is -2.24. The van der Waals surface area contributed by atoms with E-state index in [1.54, 1.807) is 19.3 Å². The highest BCUT2D eigenvalue weighted by Crippen LogP contribution is 2.41. The molecule has 6 nitrogen and oxygen atoms in total. The highest BCUT2D eigenvalue weighted by molar-refractivity contribution is 6.54. The number of carbonyl (C=O) groups excluding carboxylic acids is 4. The minimum absolute atomic E-state index is 0.354. The van der Waals surface area contributed by atoms with Gasteiger partial charge in [-0.1, -0.05) is 42.5 Å². The summed E-state index contributed by atoms with van der Waals surface area (Å²) in [4.78, 5) is 49.2. The Kier molecular flexibility index (Phi) is 5.13. The molecule has 3 aliphatic carbocycles. The Morgan fingerprint density at radius 2 is 1.33 bits per heavy atom. The van der Waals surface area contributed by atoms with Gasteiger partial charge in [-0.3, -0.25) is 19.2 Å². The van der Waals surface area contributed by atoms with E-state index in [2.05, 4.69) is 6.07 Å². The lowest BCUT2D eigenvalue weighted by atomic mass is 9.79. The summed E-state index contributed by atoms with van der Waals surface area (Å²) >= 11 is 0. The zero-order chi connectivity index (χ0) is 26.8. The minimum Gasteiger partial charge on any atom is -0.464 e. The lowest BCUT2D eigenvalue weighted by molar-refractivity contribution is 0.0813. The maximum absolute atomic E-state index is 12.5. The van der Waals surface area contributed by atoms with Gasteiger partial charge in [0.15, 0.2) is 0 Å². The second-order valence-electron chi connectivity index (χ2n) is 10.1. The first-order valence-electron chi connectivity index (χ1n) is 13.0. The Bertz CT molecular complexity index is 1900. The molecule has 0 atom stereocenters. The Labute approximate surface area is 223 Å². The Balaban J connectivity index is 0.000000130. The van der Waals surface area contributed by atoms with E-state index in [1.165, 1.54) is 11.8 Å². The first-order chi connectivity index (χ1) is 19.0. The van der Waals surface area contributed by atoms with Gasteiger partial charge in [0.1, 0.15) is 11.5 Å². The SMILES string of the molecule is Cc1coc2c1C(=O)C(=O)c1c-2ccc2c1CCCC2.O=C1C(=O)c2c(ccc3ccccc23)-c2occc21. The molecule has 0 fully saturated rings. The van der Waals surface area contributed by atoms with E-state index >= 15 is 0 Å². The van der Waals surface area contributed by atoms with Gasteiger partial charge in [0.25, 0.3) is 0 Å². The van der Waals surface area contributed by atoms with Crippen LogP contribution < -0.4 is 0 Å². The van der Waals surface area contributed by atoms with Crippen molar-refractivity contribution < 1.29 is 28.0 Å². The number of benzene rings is 3. The van der Waals surface area contributed by atoms with Crippen molar-refractivity contribution in [2.45, 2.75) is 32.6 Å². The van der Waals surface area contributed by atoms with Crippen molar-refractivity contribution in [3.8, 4) is 22.6 Å². The van der Waals surface area contributed by atoms with Crippen molar-refractivity contribution in [2.24, 2.45) is 0 Å². The first-order valence-corrected chi connectivity index (χ1v) is 13.0. The van der Waals surface area contributed by atoms with E-state index in [9.17, 15) is 19.2 Å². The molecule has 190 valence electrons. The number of carbonyl (C=O) groups is 4. The van der Waals surface area contributed by atoms with Crippen LogP contribution in [0.15, 0.2) is 76.0 Å². The van der Waals surface area contributed by atoms with Gasteiger partial charge in [0.2, 0.25) is 23.1 Å². The molecule has 0 saturated carbocycles. The monoisotopic (exact) mass is 514 g/mol. The molecule has 3 aromatic carbocycles. The second kappa shape index (κ2) is 8.60. The van der Waals surface area contributed by atoms with Gasteiger partial charge in [-0.05, 0) is 72.2 Å². The number of hydrogen-bond donors (Lipinski definition) is 0. The summed E-state index contributed by atoms with van der Waals surface area (Å²) < 4.78 is 10.9. The topological polar surface area (TPSA) is 94.6 Å². The quantitative estimate of drug-likeness (QED) is 0.207. The zero-order valence-corrected chi connectivity index (χ0v) is 21.1. The average molecular weight is 515 g/mol. The van der Waals surface area contributed by atoms with E-state index in [-0.39, 0.29) is 5.78 Å². The van der Waals surface area contributed by atoms with Crippen LogP contribution in [-0.2, 0) is 12.8 Å². The van der Waals surface area contributed by atoms with Crippen LogP contribution in [0.25, 0.3) is 33.4 Å². The summed E-state index contributed by atoms with van der Waals surface area (Å²) in [5.41, 5.74) is 6.34. The smallest absolute Gasteiger partial charge is 0.237 e. The summed E-state index contributed by atoms with van der Waals surface area (Å²) in [5.74, 6) is -0.678. The number of Topliss-reactive ketones (excluding diaryl/α,β-unsaturated/α-hetero) is 4. The molecule has 0 aliphatic heterocycles. The fourth-order valence-corrected chi connectivity index (χ4v) is 6.07. The summed E-state index contributed by atoms with van der Waals surface area (Å²) in [6.45, 7) is 1.80. The molecular weight excluding hydrogens is 492 g/mol. The third-order valence-electron chi connectivity index (χ3n) is 7.93. The standard InChI is InChI=1S/C17H14O3.C16H8O3/c1-9-8-20-17-12-7-6-10-4-2-3-5-11(10)14(12)16(19)15(18)13(9)17;17-14-12-7-8-19-16(12)11-6-5-9-3-1-2-4-10(9)13(11)15(14)18/h6-8H,2-5H2,1H3;1-8H. The van der Waals surface area contributed by atoms with Gasteiger partial charge in [-0.2, -0.15) is 0 Å². The van der Waals surface area contributed by atoms with Crippen molar-refractivity contribution in [3.63, 3.8) is 0 Å². The van der Waals surface area contributed by atoms with Crippen LogP contribution in [0.4, 0.5) is 0 Å². The van der Waals surface area contributed by atoms with Crippen LogP contribution in [-0.4, -0.2) is 23.1 Å². The van der Waals surface area contributed by atoms with Crippen LogP contribution in [0.2, 0.25) is 0 Å². The molecule has 0 N–H and O–H groups in total. The highest BCUT2D eigenvalue weighted by atomic mass is 16.3. The average Bonchev–Trinajstić information content (AvgIpc) is 3.61. The summed E-state index contributed by atoms with van der Waals surface area (Å²) in [6, 6.07) is 16.9. The van der Waals surface area contributed by atoms with Crippen molar-refractivity contribution in [1.82, 2.24) is 0 Å². The Morgan fingerprint density at radius 1 is 0.615 bits per heavy atom. The fourth-order valence-electron chi connectivity index (χ4n) is 6.07. The highest BCUT2D eigenvalue weighted by Gasteiger charge is 2.37.